The van der Waals surface area contributed by atoms with Crippen molar-refractivity contribution >= 4 is 5.91 Å². The first-order valence-electron chi connectivity index (χ1n) is 8.29. The summed E-state index contributed by atoms with van der Waals surface area (Å²) in [6, 6.07) is 7.30. The molecule has 0 radical (unpaired) electrons. The van der Waals surface area contributed by atoms with Gasteiger partial charge in [-0.05, 0) is 12.1 Å². The summed E-state index contributed by atoms with van der Waals surface area (Å²) in [6.07, 6.45) is -0.129. The summed E-state index contributed by atoms with van der Waals surface area (Å²) in [5.41, 5.74) is -0.380. The van der Waals surface area contributed by atoms with Crippen molar-refractivity contribution in [3.63, 3.8) is 0 Å². The van der Waals surface area contributed by atoms with Crippen LogP contribution in [0.3, 0.4) is 0 Å². The van der Waals surface area contributed by atoms with Crippen LogP contribution in [0.2, 0.25) is 0 Å². The van der Waals surface area contributed by atoms with Crippen molar-refractivity contribution in [2.45, 2.75) is 18.8 Å². The molecule has 0 aliphatic carbocycles. The number of nitrogens with zero attached hydrogens (tertiary/aromatic N) is 4. The van der Waals surface area contributed by atoms with E-state index in [1.807, 2.05) is 0 Å². The summed E-state index contributed by atoms with van der Waals surface area (Å²) in [4.78, 5) is 16.8. The molecular weight excluding hydrogens is 375 g/mol. The number of alkyl halides is 3. The van der Waals surface area contributed by atoms with Gasteiger partial charge in [-0.25, -0.2) is 4.98 Å². The zero-order chi connectivity index (χ0) is 20.3. The molecule has 28 heavy (non-hydrogen) atoms. The number of nitrogens with one attached hydrogen (secondary N) is 1. The maximum atomic E-state index is 12.7. The third-order valence-electron chi connectivity index (χ3n) is 4.11. The molecule has 1 amide bonds. The molecule has 0 aliphatic heterocycles. The van der Waals surface area contributed by atoms with Gasteiger partial charge in [0, 0.05) is 31.2 Å². The van der Waals surface area contributed by atoms with Gasteiger partial charge >= 0.3 is 6.18 Å². The highest BCUT2D eigenvalue weighted by molar-refractivity contribution is 5.76. The first kappa shape index (κ1) is 19.5. The molecule has 2 heterocycles. The monoisotopic (exact) mass is 393 g/mol. The van der Waals surface area contributed by atoms with E-state index in [0.29, 0.717) is 17.1 Å². The number of benzene rings is 1. The van der Waals surface area contributed by atoms with Crippen LogP contribution in [0.5, 0.6) is 5.75 Å². The first-order chi connectivity index (χ1) is 13.3. The fraction of sp³-hybridized carbons (Fsp3) is 0.278. The Morgan fingerprint density at radius 2 is 2.00 bits per heavy atom. The minimum atomic E-state index is -4.56. The molecule has 1 unspecified atom stereocenters. The lowest BCUT2D eigenvalue weighted by atomic mass is 10.0. The molecule has 0 spiro atoms. The molecule has 148 valence electrons. The van der Waals surface area contributed by atoms with Gasteiger partial charge in [-0.1, -0.05) is 18.2 Å². The normalized spacial score (nSPS) is 12.6. The Balaban J connectivity index is 1.85. The van der Waals surface area contributed by atoms with E-state index in [4.69, 9.17) is 4.74 Å². The van der Waals surface area contributed by atoms with E-state index in [9.17, 15) is 18.0 Å². The second kappa shape index (κ2) is 7.75. The van der Waals surface area contributed by atoms with Crippen LogP contribution in [-0.4, -0.2) is 32.3 Å². The third-order valence-corrected chi connectivity index (χ3v) is 4.11. The van der Waals surface area contributed by atoms with Crippen molar-refractivity contribution in [1.29, 1.82) is 0 Å². The third kappa shape index (κ3) is 4.16. The van der Waals surface area contributed by atoms with Crippen molar-refractivity contribution in [3.8, 4) is 5.75 Å². The van der Waals surface area contributed by atoms with Gasteiger partial charge in [0.2, 0.25) is 5.91 Å². The quantitative estimate of drug-likeness (QED) is 0.699. The SMILES string of the molecule is COc1ccccc1C(NC(=O)Cn1ccc(C(F)(F)F)n1)c1nccn1C. The molecule has 0 saturated heterocycles. The summed E-state index contributed by atoms with van der Waals surface area (Å²) in [5.74, 6) is 0.583. The summed E-state index contributed by atoms with van der Waals surface area (Å²) in [7, 11) is 3.29. The largest absolute Gasteiger partial charge is 0.496 e. The van der Waals surface area contributed by atoms with Gasteiger partial charge in [-0.2, -0.15) is 18.3 Å². The van der Waals surface area contributed by atoms with Gasteiger partial charge < -0.3 is 14.6 Å². The molecule has 3 rings (SSSR count). The number of hydrogen-bond donors (Lipinski definition) is 1. The average molecular weight is 393 g/mol. The molecule has 0 bridgehead atoms. The number of imidazole rings is 1. The molecule has 2 aromatic heterocycles. The van der Waals surface area contributed by atoms with Crippen LogP contribution in [-0.2, 0) is 24.6 Å². The van der Waals surface area contributed by atoms with Gasteiger partial charge in [0.15, 0.2) is 5.69 Å². The Labute approximate surface area is 158 Å². The zero-order valence-electron chi connectivity index (χ0n) is 15.1. The molecule has 0 saturated carbocycles. The van der Waals surface area contributed by atoms with Crippen LogP contribution in [0.1, 0.15) is 23.1 Å². The molecular formula is C18H18F3N5O2. The predicted molar refractivity (Wildman–Crippen MR) is 93.4 cm³/mol. The number of para-hydroxylation sites is 1. The van der Waals surface area contributed by atoms with E-state index in [1.54, 1.807) is 48.3 Å². The number of aromatic nitrogens is 4. The number of carbonyl (C=O) groups excluding carboxylic acids is 1. The van der Waals surface area contributed by atoms with E-state index in [1.165, 1.54) is 7.11 Å². The van der Waals surface area contributed by atoms with Gasteiger partial charge in [0.05, 0.1) is 7.11 Å². The Hall–Kier alpha value is -3.30. The average Bonchev–Trinajstić information content (AvgIpc) is 3.28. The number of carbonyl (C=O) groups is 1. The fourth-order valence-corrected chi connectivity index (χ4v) is 2.80. The van der Waals surface area contributed by atoms with Gasteiger partial charge in [-0.3, -0.25) is 9.48 Å². The molecule has 1 N–H and O–H groups in total. The van der Waals surface area contributed by atoms with E-state index in [2.05, 4.69) is 15.4 Å². The molecule has 1 aromatic carbocycles. The maximum Gasteiger partial charge on any atom is 0.435 e. The molecule has 0 fully saturated rings. The van der Waals surface area contributed by atoms with Crippen molar-refractivity contribution in [2.24, 2.45) is 7.05 Å². The van der Waals surface area contributed by atoms with Gasteiger partial charge in [0.1, 0.15) is 24.2 Å². The Kier molecular flexibility index (Phi) is 5.39. The van der Waals surface area contributed by atoms with Crippen LogP contribution < -0.4 is 10.1 Å². The predicted octanol–water partition coefficient (Wildman–Crippen LogP) is 2.55. The Morgan fingerprint density at radius 3 is 2.61 bits per heavy atom. The lowest BCUT2D eigenvalue weighted by Gasteiger charge is -2.21. The lowest BCUT2D eigenvalue weighted by Crippen LogP contribution is -2.34. The smallest absolute Gasteiger partial charge is 0.435 e. The summed E-state index contributed by atoms with van der Waals surface area (Å²) >= 11 is 0. The van der Waals surface area contributed by atoms with Crippen LogP contribution in [0.4, 0.5) is 13.2 Å². The second-order valence-electron chi connectivity index (χ2n) is 6.04. The number of methoxy groups -OCH3 is 1. The molecule has 7 nitrogen and oxygen atoms in total. The standard InChI is InChI=1S/C18H18F3N5O2/c1-25-10-8-22-17(25)16(12-5-3-4-6-13(12)28-2)23-15(27)11-26-9-7-14(24-26)18(19,20)21/h3-10,16H,11H2,1-2H3,(H,23,27). The minimum absolute atomic E-state index is 0.369. The first-order valence-corrected chi connectivity index (χ1v) is 8.29. The van der Waals surface area contributed by atoms with E-state index < -0.39 is 23.8 Å². The topological polar surface area (TPSA) is 74.0 Å². The highest BCUT2D eigenvalue weighted by atomic mass is 19.4. The zero-order valence-corrected chi connectivity index (χ0v) is 15.1. The van der Waals surface area contributed by atoms with Crippen molar-refractivity contribution in [3.05, 3.63) is 66.0 Å². The Morgan fingerprint density at radius 1 is 1.25 bits per heavy atom. The van der Waals surface area contributed by atoms with E-state index in [-0.39, 0.29) is 6.54 Å². The minimum Gasteiger partial charge on any atom is -0.496 e. The van der Waals surface area contributed by atoms with Crippen LogP contribution in [0.15, 0.2) is 48.9 Å². The highest BCUT2D eigenvalue weighted by Gasteiger charge is 2.33. The van der Waals surface area contributed by atoms with Gasteiger partial charge in [-0.15, -0.1) is 0 Å². The number of rotatable bonds is 6. The van der Waals surface area contributed by atoms with Crippen molar-refractivity contribution in [2.75, 3.05) is 7.11 Å². The highest BCUT2D eigenvalue weighted by Crippen LogP contribution is 2.29. The molecule has 1 atom stereocenters. The summed E-state index contributed by atoms with van der Waals surface area (Å²) in [5, 5.41) is 6.20. The number of halogens is 3. The maximum absolute atomic E-state index is 12.7. The van der Waals surface area contributed by atoms with Crippen LogP contribution >= 0.6 is 0 Å². The molecule has 3 aromatic rings. The van der Waals surface area contributed by atoms with E-state index in [0.717, 1.165) is 16.9 Å². The van der Waals surface area contributed by atoms with Crippen LogP contribution in [0, 0.1) is 0 Å². The van der Waals surface area contributed by atoms with E-state index >= 15 is 0 Å². The summed E-state index contributed by atoms with van der Waals surface area (Å²) < 4.78 is 46.1. The fourth-order valence-electron chi connectivity index (χ4n) is 2.80. The van der Waals surface area contributed by atoms with Gasteiger partial charge in [0.25, 0.3) is 0 Å². The van der Waals surface area contributed by atoms with Crippen molar-refractivity contribution in [1.82, 2.24) is 24.6 Å². The number of amides is 1. The number of aryl methyl sites for hydroxylation is 1. The number of hydrogen-bond acceptors (Lipinski definition) is 4. The Bertz CT molecular complexity index is 964. The summed E-state index contributed by atoms with van der Waals surface area (Å²) in [6.45, 7) is -0.369. The number of ether oxygens (including phenoxy) is 1. The second-order valence-corrected chi connectivity index (χ2v) is 6.04. The van der Waals surface area contributed by atoms with Crippen LogP contribution in [0.25, 0.3) is 0 Å². The lowest BCUT2D eigenvalue weighted by molar-refractivity contribution is -0.141. The van der Waals surface area contributed by atoms with Crippen molar-refractivity contribution < 1.29 is 22.7 Å². The molecule has 10 heteroatoms. The molecule has 0 aliphatic rings.